The Kier molecular flexibility index (Phi) is 6.15. The van der Waals surface area contributed by atoms with Crippen molar-refractivity contribution in [2.45, 2.75) is 44.8 Å². The fraction of sp³-hybridized carbons (Fsp3) is 0.625. The Hall–Kier alpha value is -0.970. The molecule has 0 aliphatic carbocycles. The molecule has 1 heterocycles. The summed E-state index contributed by atoms with van der Waals surface area (Å²) in [4.78, 5) is 0. The lowest BCUT2D eigenvalue weighted by Gasteiger charge is -2.25. The molecule has 0 radical (unpaired) electrons. The number of nitrogens with two attached hydrogens (primary N) is 1. The van der Waals surface area contributed by atoms with Crippen LogP contribution < -0.4 is 15.2 Å². The summed E-state index contributed by atoms with van der Waals surface area (Å²) in [5.74, 6) is 1.30. The normalized spacial score (nSPS) is 17.5. The second kappa shape index (κ2) is 7.87. The maximum Gasteiger partial charge on any atom is 0.180 e. The standard InChI is InChI=1S/C16H24ClNO3/c1-3-12(18)8-11-9-14(17)16(15(10-11)19-2)21-13-4-6-20-7-5-13/h9-10,12-13H,3-8,18H2,1-2H3. The van der Waals surface area contributed by atoms with E-state index in [0.717, 1.165) is 44.5 Å². The molecule has 0 amide bonds. The van der Waals surface area contributed by atoms with E-state index < -0.39 is 0 Å². The molecular formula is C16H24ClNO3. The maximum absolute atomic E-state index is 6.38. The summed E-state index contributed by atoms with van der Waals surface area (Å²) in [5.41, 5.74) is 7.08. The van der Waals surface area contributed by atoms with Crippen molar-refractivity contribution < 1.29 is 14.2 Å². The summed E-state index contributed by atoms with van der Waals surface area (Å²) < 4.78 is 16.8. The van der Waals surface area contributed by atoms with Gasteiger partial charge >= 0.3 is 0 Å². The molecule has 1 fully saturated rings. The highest BCUT2D eigenvalue weighted by Gasteiger charge is 2.20. The SMILES string of the molecule is CCC(N)Cc1cc(Cl)c(OC2CCOCC2)c(OC)c1. The van der Waals surface area contributed by atoms with Gasteiger partial charge in [0, 0.05) is 18.9 Å². The van der Waals surface area contributed by atoms with Crippen LogP contribution in [0.25, 0.3) is 0 Å². The molecule has 1 atom stereocenters. The Balaban J connectivity index is 2.16. The van der Waals surface area contributed by atoms with Gasteiger partial charge in [-0.25, -0.2) is 0 Å². The number of rotatable bonds is 6. The molecule has 2 N–H and O–H groups in total. The van der Waals surface area contributed by atoms with Crippen molar-refractivity contribution in [1.29, 1.82) is 0 Å². The summed E-state index contributed by atoms with van der Waals surface area (Å²) in [7, 11) is 1.63. The van der Waals surface area contributed by atoms with E-state index in [1.54, 1.807) is 7.11 Å². The molecule has 0 spiro atoms. The third kappa shape index (κ3) is 4.50. The molecule has 4 nitrogen and oxygen atoms in total. The van der Waals surface area contributed by atoms with Gasteiger partial charge in [0.15, 0.2) is 11.5 Å². The molecule has 0 aromatic heterocycles. The quantitative estimate of drug-likeness (QED) is 0.876. The van der Waals surface area contributed by atoms with Crippen LogP contribution in [0.1, 0.15) is 31.7 Å². The first-order valence-corrected chi connectivity index (χ1v) is 7.88. The van der Waals surface area contributed by atoms with Crippen molar-refractivity contribution in [2.75, 3.05) is 20.3 Å². The number of ether oxygens (including phenoxy) is 3. The summed E-state index contributed by atoms with van der Waals surface area (Å²) in [6.45, 7) is 3.54. The van der Waals surface area contributed by atoms with Crippen LogP contribution in [0, 0.1) is 0 Å². The third-order valence-electron chi connectivity index (χ3n) is 3.76. The van der Waals surface area contributed by atoms with Crippen molar-refractivity contribution in [1.82, 2.24) is 0 Å². The van der Waals surface area contributed by atoms with E-state index >= 15 is 0 Å². The third-order valence-corrected chi connectivity index (χ3v) is 4.05. The maximum atomic E-state index is 6.38. The fourth-order valence-electron chi connectivity index (χ4n) is 2.41. The average Bonchev–Trinajstić information content (AvgIpc) is 2.50. The van der Waals surface area contributed by atoms with E-state index in [2.05, 4.69) is 6.92 Å². The number of hydrogen-bond acceptors (Lipinski definition) is 4. The Labute approximate surface area is 131 Å². The molecule has 1 aliphatic rings. The molecule has 1 unspecified atom stereocenters. The topological polar surface area (TPSA) is 53.7 Å². The average molecular weight is 314 g/mol. The lowest BCUT2D eigenvalue weighted by molar-refractivity contribution is 0.0246. The number of benzene rings is 1. The first-order valence-electron chi connectivity index (χ1n) is 7.50. The summed E-state index contributed by atoms with van der Waals surface area (Å²) in [5, 5.41) is 0.583. The monoisotopic (exact) mass is 313 g/mol. The van der Waals surface area contributed by atoms with Crippen molar-refractivity contribution in [3.8, 4) is 11.5 Å². The van der Waals surface area contributed by atoms with Crippen molar-refractivity contribution in [3.05, 3.63) is 22.7 Å². The smallest absolute Gasteiger partial charge is 0.180 e. The van der Waals surface area contributed by atoms with Gasteiger partial charge in [-0.05, 0) is 30.5 Å². The molecule has 2 rings (SSSR count). The Morgan fingerprint density at radius 1 is 1.38 bits per heavy atom. The van der Waals surface area contributed by atoms with Crippen molar-refractivity contribution >= 4 is 11.6 Å². The van der Waals surface area contributed by atoms with Crippen molar-refractivity contribution in [3.63, 3.8) is 0 Å². The van der Waals surface area contributed by atoms with Gasteiger partial charge in [-0.3, -0.25) is 0 Å². The molecule has 1 aliphatic heterocycles. The molecule has 1 saturated heterocycles. The van der Waals surface area contributed by atoms with Crippen LogP contribution in [-0.2, 0) is 11.2 Å². The molecule has 5 heteroatoms. The van der Waals surface area contributed by atoms with Gasteiger partial charge in [-0.15, -0.1) is 0 Å². The predicted octanol–water partition coefficient (Wildman–Crippen LogP) is 3.19. The summed E-state index contributed by atoms with van der Waals surface area (Å²) in [6, 6.07) is 4.03. The minimum atomic E-state index is 0.132. The van der Waals surface area contributed by atoms with E-state index in [1.165, 1.54) is 0 Å². The number of halogens is 1. The zero-order valence-electron chi connectivity index (χ0n) is 12.7. The molecule has 0 saturated carbocycles. The highest BCUT2D eigenvalue weighted by Crippen LogP contribution is 2.38. The zero-order chi connectivity index (χ0) is 15.2. The van der Waals surface area contributed by atoms with Crippen LogP contribution in [0.2, 0.25) is 5.02 Å². The summed E-state index contributed by atoms with van der Waals surface area (Å²) >= 11 is 6.38. The van der Waals surface area contributed by atoms with Gasteiger partial charge < -0.3 is 19.9 Å². The first-order chi connectivity index (χ1) is 10.1. The van der Waals surface area contributed by atoms with Crippen LogP contribution >= 0.6 is 11.6 Å². The van der Waals surface area contributed by atoms with Gasteiger partial charge in [0.25, 0.3) is 0 Å². The van der Waals surface area contributed by atoms with Gasteiger partial charge in [-0.1, -0.05) is 18.5 Å². The Bertz CT molecular complexity index is 461. The lowest BCUT2D eigenvalue weighted by Crippen LogP contribution is -2.26. The number of hydrogen-bond donors (Lipinski definition) is 1. The van der Waals surface area contributed by atoms with Gasteiger partial charge in [0.2, 0.25) is 0 Å². The fourth-order valence-corrected chi connectivity index (χ4v) is 2.69. The lowest BCUT2D eigenvalue weighted by atomic mass is 10.0. The van der Waals surface area contributed by atoms with Crippen LogP contribution in [0.4, 0.5) is 0 Å². The van der Waals surface area contributed by atoms with E-state index in [-0.39, 0.29) is 12.1 Å². The molecule has 21 heavy (non-hydrogen) atoms. The van der Waals surface area contributed by atoms with Crippen LogP contribution in [0.5, 0.6) is 11.5 Å². The second-order valence-corrected chi connectivity index (χ2v) is 5.82. The van der Waals surface area contributed by atoms with Gasteiger partial charge in [0.05, 0.1) is 25.3 Å². The minimum absolute atomic E-state index is 0.132. The Morgan fingerprint density at radius 2 is 2.10 bits per heavy atom. The van der Waals surface area contributed by atoms with Crippen molar-refractivity contribution in [2.24, 2.45) is 5.73 Å². The van der Waals surface area contributed by atoms with E-state index in [4.69, 9.17) is 31.5 Å². The van der Waals surface area contributed by atoms with Crippen LogP contribution in [0.3, 0.4) is 0 Å². The second-order valence-electron chi connectivity index (χ2n) is 5.41. The molecule has 0 bridgehead atoms. The predicted molar refractivity (Wildman–Crippen MR) is 84.4 cm³/mol. The minimum Gasteiger partial charge on any atom is -0.493 e. The van der Waals surface area contributed by atoms with E-state index in [0.29, 0.717) is 16.5 Å². The van der Waals surface area contributed by atoms with Gasteiger partial charge in [0.1, 0.15) is 6.10 Å². The van der Waals surface area contributed by atoms with Gasteiger partial charge in [-0.2, -0.15) is 0 Å². The first kappa shape index (κ1) is 16.4. The number of methoxy groups -OCH3 is 1. The molecule has 1 aromatic rings. The molecule has 118 valence electrons. The Morgan fingerprint density at radius 3 is 2.71 bits per heavy atom. The van der Waals surface area contributed by atoms with E-state index in [9.17, 15) is 0 Å². The molecule has 1 aromatic carbocycles. The van der Waals surface area contributed by atoms with Crippen LogP contribution in [-0.4, -0.2) is 32.5 Å². The molecular weight excluding hydrogens is 290 g/mol. The zero-order valence-corrected chi connectivity index (χ0v) is 13.5. The van der Waals surface area contributed by atoms with E-state index in [1.807, 2.05) is 12.1 Å². The highest BCUT2D eigenvalue weighted by atomic mass is 35.5. The largest absolute Gasteiger partial charge is 0.493 e. The van der Waals surface area contributed by atoms with Crippen LogP contribution in [0.15, 0.2) is 12.1 Å². The highest BCUT2D eigenvalue weighted by molar-refractivity contribution is 6.32. The summed E-state index contributed by atoms with van der Waals surface area (Å²) in [6.07, 6.45) is 3.60.